The zero-order valence-electron chi connectivity index (χ0n) is 14.6. The number of nitrogens with zero attached hydrogens (tertiary/aromatic N) is 1. The molecule has 0 bridgehead atoms. The van der Waals surface area contributed by atoms with Gasteiger partial charge in [0.25, 0.3) is 5.91 Å². The molecule has 2 N–H and O–H groups in total. The molecule has 2 rings (SSSR count). The lowest BCUT2D eigenvalue weighted by Crippen LogP contribution is -2.24. The summed E-state index contributed by atoms with van der Waals surface area (Å²) < 4.78 is 54.4. The average Bonchev–Trinajstić information content (AvgIpc) is 2.59. The van der Waals surface area contributed by atoms with E-state index < -0.39 is 27.6 Å². The molecule has 2 aromatic carbocycles. The van der Waals surface area contributed by atoms with Gasteiger partial charge >= 0.3 is 0 Å². The van der Waals surface area contributed by atoms with Gasteiger partial charge in [0.1, 0.15) is 5.69 Å². The molecule has 0 spiro atoms. The lowest BCUT2D eigenvalue weighted by atomic mass is 10.2. The topological polar surface area (TPSA) is 78.5 Å². The molecule has 1 amide bonds. The molecule has 142 valence electrons. The third-order valence-electron chi connectivity index (χ3n) is 3.49. The van der Waals surface area contributed by atoms with Crippen molar-refractivity contribution in [1.82, 2.24) is 4.72 Å². The Kier molecular flexibility index (Phi) is 6.15. The van der Waals surface area contributed by atoms with Crippen LogP contribution in [0.5, 0.6) is 0 Å². The number of rotatable bonds is 6. The quantitative estimate of drug-likeness (QED) is 0.738. The van der Waals surface area contributed by atoms with Crippen LogP contribution in [0.15, 0.2) is 41.3 Å². The molecule has 0 aliphatic heterocycles. The van der Waals surface area contributed by atoms with Gasteiger partial charge in [0.2, 0.25) is 10.0 Å². The summed E-state index contributed by atoms with van der Waals surface area (Å²) in [6.45, 7) is -0.199. The Bertz CT molecular complexity index is 992. The monoisotopic (exact) mass is 393 g/mol. The highest BCUT2D eigenvalue weighted by atomic mass is 32.2. The van der Waals surface area contributed by atoms with E-state index in [0.29, 0.717) is 0 Å². The molecule has 0 radical (unpaired) electrons. The number of benzene rings is 2. The van der Waals surface area contributed by atoms with Gasteiger partial charge in [0.15, 0.2) is 11.6 Å². The lowest BCUT2D eigenvalue weighted by molar-refractivity contribution is 0.102. The molecule has 0 aliphatic carbocycles. The second kappa shape index (κ2) is 8.16. The standard InChI is InChI=1S/C18H17F2N3O3S/c1-4-8-21-27(25,26)14-7-5-6-12(9-14)18(24)22-13-10-15(19)17(23(2)3)16(20)11-13/h1,5-7,9-11,21H,8H2,2-3H3,(H,22,24). The molecule has 2 aromatic rings. The summed E-state index contributed by atoms with van der Waals surface area (Å²) in [5, 5.41) is 2.34. The van der Waals surface area contributed by atoms with Gasteiger partial charge < -0.3 is 10.2 Å². The minimum Gasteiger partial charge on any atom is -0.373 e. The van der Waals surface area contributed by atoms with Gasteiger partial charge in [-0.2, -0.15) is 4.72 Å². The number of nitrogens with one attached hydrogen (secondary N) is 2. The van der Waals surface area contributed by atoms with Crippen LogP contribution in [0.1, 0.15) is 10.4 Å². The highest BCUT2D eigenvalue weighted by molar-refractivity contribution is 7.89. The second-order valence-corrected chi connectivity index (χ2v) is 7.46. The minimum atomic E-state index is -3.88. The van der Waals surface area contributed by atoms with Gasteiger partial charge in [-0.3, -0.25) is 4.79 Å². The molecule has 0 saturated carbocycles. The maximum absolute atomic E-state index is 14.0. The number of amides is 1. The summed E-state index contributed by atoms with van der Waals surface area (Å²) >= 11 is 0. The van der Waals surface area contributed by atoms with Crippen molar-refractivity contribution < 1.29 is 22.0 Å². The smallest absolute Gasteiger partial charge is 0.255 e. The fraction of sp³-hybridized carbons (Fsp3) is 0.167. The van der Waals surface area contributed by atoms with Crippen LogP contribution in [0.4, 0.5) is 20.2 Å². The molecule has 0 aliphatic rings. The SMILES string of the molecule is C#CCNS(=O)(=O)c1cccc(C(=O)Nc2cc(F)c(N(C)C)c(F)c2)c1. The number of terminal acetylenes is 1. The highest BCUT2D eigenvalue weighted by Crippen LogP contribution is 2.26. The first kappa shape index (κ1) is 20.4. The summed E-state index contributed by atoms with van der Waals surface area (Å²) in [6, 6.07) is 7.12. The van der Waals surface area contributed by atoms with Crippen LogP contribution in [0.25, 0.3) is 0 Å². The number of carbonyl (C=O) groups is 1. The van der Waals surface area contributed by atoms with Crippen LogP contribution in [0.3, 0.4) is 0 Å². The Morgan fingerprint density at radius 2 is 1.81 bits per heavy atom. The molecule has 27 heavy (non-hydrogen) atoms. The number of sulfonamides is 1. The molecule has 0 aromatic heterocycles. The van der Waals surface area contributed by atoms with Crippen molar-refractivity contribution in [2.45, 2.75) is 4.90 Å². The summed E-state index contributed by atoms with van der Waals surface area (Å²) in [5.74, 6) is -0.264. The summed E-state index contributed by atoms with van der Waals surface area (Å²) in [4.78, 5) is 13.4. The van der Waals surface area contributed by atoms with Gasteiger partial charge in [0, 0.05) is 25.3 Å². The number of anilines is 2. The van der Waals surface area contributed by atoms with Crippen LogP contribution < -0.4 is 14.9 Å². The normalized spacial score (nSPS) is 10.9. The number of hydrogen-bond donors (Lipinski definition) is 2. The van der Waals surface area contributed by atoms with E-state index in [1.807, 2.05) is 0 Å². The first-order valence-corrected chi connectivity index (χ1v) is 9.15. The average molecular weight is 393 g/mol. The van der Waals surface area contributed by atoms with E-state index in [2.05, 4.69) is 16.0 Å². The fourth-order valence-corrected chi connectivity index (χ4v) is 3.27. The lowest BCUT2D eigenvalue weighted by Gasteiger charge is -2.16. The molecule has 0 fully saturated rings. The van der Waals surface area contributed by atoms with Gasteiger partial charge in [-0.15, -0.1) is 6.42 Å². The Hall–Kier alpha value is -2.96. The van der Waals surface area contributed by atoms with E-state index in [1.165, 1.54) is 37.2 Å². The zero-order chi connectivity index (χ0) is 20.2. The predicted octanol–water partition coefficient (Wildman–Crippen LogP) is 2.19. The fourth-order valence-electron chi connectivity index (χ4n) is 2.29. The van der Waals surface area contributed by atoms with Crippen LogP contribution in [0.2, 0.25) is 0 Å². The van der Waals surface area contributed by atoms with E-state index in [-0.39, 0.29) is 28.4 Å². The number of hydrogen-bond acceptors (Lipinski definition) is 4. The van der Waals surface area contributed by atoms with Crippen LogP contribution >= 0.6 is 0 Å². The number of halogens is 2. The van der Waals surface area contributed by atoms with Crippen molar-refractivity contribution in [3.05, 3.63) is 53.6 Å². The van der Waals surface area contributed by atoms with Crippen molar-refractivity contribution in [2.24, 2.45) is 0 Å². The van der Waals surface area contributed by atoms with E-state index in [1.54, 1.807) is 0 Å². The first-order valence-electron chi connectivity index (χ1n) is 7.66. The van der Waals surface area contributed by atoms with Gasteiger partial charge in [0.05, 0.1) is 11.4 Å². The Balaban J connectivity index is 2.27. The second-order valence-electron chi connectivity index (χ2n) is 5.69. The molecular formula is C18H17F2N3O3S. The maximum atomic E-state index is 14.0. The Morgan fingerprint density at radius 1 is 1.19 bits per heavy atom. The highest BCUT2D eigenvalue weighted by Gasteiger charge is 2.17. The maximum Gasteiger partial charge on any atom is 0.255 e. The molecule has 0 heterocycles. The van der Waals surface area contributed by atoms with Crippen molar-refractivity contribution >= 4 is 27.3 Å². The molecule has 0 unspecified atom stereocenters. The Labute approximate surface area is 156 Å². The third-order valence-corrected chi connectivity index (χ3v) is 4.89. The minimum absolute atomic E-state index is 0.00362. The molecule has 9 heteroatoms. The number of carbonyl (C=O) groups excluding carboxylic acids is 1. The summed E-state index contributed by atoms with van der Waals surface area (Å²) in [5.41, 5.74) is -0.337. The van der Waals surface area contributed by atoms with Gasteiger partial charge in [-0.25, -0.2) is 17.2 Å². The van der Waals surface area contributed by atoms with Gasteiger partial charge in [-0.1, -0.05) is 12.0 Å². The van der Waals surface area contributed by atoms with Crippen LogP contribution in [0, 0.1) is 24.0 Å². The molecule has 0 atom stereocenters. The Morgan fingerprint density at radius 3 is 2.37 bits per heavy atom. The summed E-state index contributed by atoms with van der Waals surface area (Å²) in [7, 11) is -0.906. The zero-order valence-corrected chi connectivity index (χ0v) is 15.4. The van der Waals surface area contributed by atoms with Crippen molar-refractivity contribution in [3.8, 4) is 12.3 Å². The van der Waals surface area contributed by atoms with Crippen molar-refractivity contribution in [2.75, 3.05) is 30.9 Å². The molecule has 6 nitrogen and oxygen atoms in total. The van der Waals surface area contributed by atoms with E-state index >= 15 is 0 Å². The van der Waals surface area contributed by atoms with Crippen LogP contribution in [-0.2, 0) is 10.0 Å². The van der Waals surface area contributed by atoms with E-state index in [9.17, 15) is 22.0 Å². The van der Waals surface area contributed by atoms with Crippen LogP contribution in [-0.4, -0.2) is 35.0 Å². The molecule has 0 saturated heterocycles. The first-order chi connectivity index (χ1) is 12.7. The third kappa shape index (κ3) is 4.81. The summed E-state index contributed by atoms with van der Waals surface area (Å²) in [6.07, 6.45) is 5.03. The largest absolute Gasteiger partial charge is 0.373 e. The predicted molar refractivity (Wildman–Crippen MR) is 99.1 cm³/mol. The van der Waals surface area contributed by atoms with E-state index in [0.717, 1.165) is 18.2 Å². The molecular weight excluding hydrogens is 376 g/mol. The van der Waals surface area contributed by atoms with Crippen molar-refractivity contribution in [3.63, 3.8) is 0 Å². The van der Waals surface area contributed by atoms with Crippen molar-refractivity contribution in [1.29, 1.82) is 0 Å². The van der Waals surface area contributed by atoms with E-state index in [4.69, 9.17) is 6.42 Å². The van der Waals surface area contributed by atoms with Gasteiger partial charge in [-0.05, 0) is 30.3 Å².